The molecule has 20 heavy (non-hydrogen) atoms. The van der Waals surface area contributed by atoms with Crippen LogP contribution in [0.1, 0.15) is 31.2 Å². The summed E-state index contributed by atoms with van der Waals surface area (Å²) in [5, 5.41) is 3.12. The highest BCUT2D eigenvalue weighted by Crippen LogP contribution is 2.10. The number of hydrogen-bond donors (Lipinski definition) is 2. The number of carbonyl (C=O) groups is 1. The van der Waals surface area contributed by atoms with E-state index in [1.807, 2.05) is 23.1 Å². The van der Waals surface area contributed by atoms with E-state index in [0.717, 1.165) is 32.4 Å². The van der Waals surface area contributed by atoms with Gasteiger partial charge in [0.05, 0.1) is 0 Å². The standard InChI is InChI=1S/C16H24N2OS/c19-16(18-10-6-1-2-7-11-18)17-15(13-20)12-14-8-4-3-5-9-14/h3-5,8-9,15,20H,1-2,6-7,10-13H2,(H,17,19). The van der Waals surface area contributed by atoms with Crippen LogP contribution in [0.4, 0.5) is 4.79 Å². The molecule has 2 rings (SSSR count). The van der Waals surface area contributed by atoms with Gasteiger partial charge in [0.2, 0.25) is 0 Å². The second-order valence-electron chi connectivity index (χ2n) is 5.42. The van der Waals surface area contributed by atoms with Crippen molar-refractivity contribution in [2.24, 2.45) is 0 Å². The van der Waals surface area contributed by atoms with Gasteiger partial charge in [0.25, 0.3) is 0 Å². The number of thiol groups is 1. The number of benzene rings is 1. The van der Waals surface area contributed by atoms with E-state index < -0.39 is 0 Å². The van der Waals surface area contributed by atoms with Crippen LogP contribution in [-0.4, -0.2) is 35.8 Å². The number of urea groups is 1. The molecule has 1 saturated heterocycles. The average molecular weight is 292 g/mol. The molecule has 1 aromatic carbocycles. The van der Waals surface area contributed by atoms with Gasteiger partial charge in [0.1, 0.15) is 0 Å². The van der Waals surface area contributed by atoms with Crippen LogP contribution >= 0.6 is 12.6 Å². The normalized spacial score (nSPS) is 17.4. The van der Waals surface area contributed by atoms with Crippen LogP contribution in [0.2, 0.25) is 0 Å². The molecule has 1 aromatic rings. The van der Waals surface area contributed by atoms with Gasteiger partial charge in [-0.1, -0.05) is 43.2 Å². The van der Waals surface area contributed by atoms with Gasteiger partial charge in [-0.15, -0.1) is 0 Å². The fraction of sp³-hybridized carbons (Fsp3) is 0.562. The molecule has 2 amide bonds. The molecule has 1 unspecified atom stereocenters. The predicted molar refractivity (Wildman–Crippen MR) is 86.4 cm³/mol. The quantitative estimate of drug-likeness (QED) is 0.821. The summed E-state index contributed by atoms with van der Waals surface area (Å²) >= 11 is 4.37. The molecule has 1 N–H and O–H groups in total. The molecule has 0 radical (unpaired) electrons. The highest BCUT2D eigenvalue weighted by atomic mass is 32.1. The van der Waals surface area contributed by atoms with Crippen LogP contribution in [-0.2, 0) is 6.42 Å². The van der Waals surface area contributed by atoms with Gasteiger partial charge >= 0.3 is 6.03 Å². The Morgan fingerprint density at radius 1 is 1.15 bits per heavy atom. The predicted octanol–water partition coefficient (Wildman–Crippen LogP) is 3.11. The lowest BCUT2D eigenvalue weighted by atomic mass is 10.1. The van der Waals surface area contributed by atoms with E-state index in [9.17, 15) is 4.79 Å². The van der Waals surface area contributed by atoms with Gasteiger partial charge in [-0.3, -0.25) is 0 Å². The zero-order chi connectivity index (χ0) is 14.2. The van der Waals surface area contributed by atoms with Crippen LogP contribution in [0.5, 0.6) is 0 Å². The van der Waals surface area contributed by atoms with Crippen molar-refractivity contribution in [3.05, 3.63) is 35.9 Å². The fourth-order valence-corrected chi connectivity index (χ4v) is 2.82. The van der Waals surface area contributed by atoms with E-state index in [4.69, 9.17) is 0 Å². The van der Waals surface area contributed by atoms with Crippen molar-refractivity contribution in [3.8, 4) is 0 Å². The number of carbonyl (C=O) groups excluding carboxylic acids is 1. The van der Waals surface area contributed by atoms with Gasteiger partial charge in [-0.2, -0.15) is 12.6 Å². The maximum atomic E-state index is 12.3. The van der Waals surface area contributed by atoms with E-state index in [-0.39, 0.29) is 12.1 Å². The molecule has 0 bridgehead atoms. The van der Waals surface area contributed by atoms with Gasteiger partial charge in [0, 0.05) is 24.9 Å². The molecular weight excluding hydrogens is 268 g/mol. The van der Waals surface area contributed by atoms with Crippen molar-refractivity contribution >= 4 is 18.7 Å². The van der Waals surface area contributed by atoms with Crippen LogP contribution in [0.25, 0.3) is 0 Å². The topological polar surface area (TPSA) is 32.3 Å². The number of amides is 2. The first kappa shape index (κ1) is 15.2. The Balaban J connectivity index is 1.87. The monoisotopic (exact) mass is 292 g/mol. The largest absolute Gasteiger partial charge is 0.334 e. The second-order valence-corrected chi connectivity index (χ2v) is 5.79. The third-order valence-electron chi connectivity index (χ3n) is 3.77. The van der Waals surface area contributed by atoms with Crippen molar-refractivity contribution in [3.63, 3.8) is 0 Å². The third-order valence-corrected chi connectivity index (χ3v) is 4.21. The minimum Gasteiger partial charge on any atom is -0.334 e. The van der Waals surface area contributed by atoms with E-state index in [1.165, 1.54) is 18.4 Å². The molecule has 110 valence electrons. The maximum Gasteiger partial charge on any atom is 0.317 e. The van der Waals surface area contributed by atoms with Crippen molar-refractivity contribution in [1.29, 1.82) is 0 Å². The lowest BCUT2D eigenvalue weighted by Crippen LogP contribution is -2.46. The number of hydrogen-bond acceptors (Lipinski definition) is 2. The first-order chi connectivity index (χ1) is 9.79. The fourth-order valence-electron chi connectivity index (χ4n) is 2.60. The van der Waals surface area contributed by atoms with Gasteiger partial charge in [0.15, 0.2) is 0 Å². The molecule has 1 aliphatic rings. The summed E-state index contributed by atoms with van der Waals surface area (Å²) in [5.41, 5.74) is 1.24. The average Bonchev–Trinajstić information content (AvgIpc) is 2.76. The first-order valence-corrected chi connectivity index (χ1v) is 8.13. The van der Waals surface area contributed by atoms with Crippen LogP contribution in [0.3, 0.4) is 0 Å². The molecule has 3 nitrogen and oxygen atoms in total. The summed E-state index contributed by atoms with van der Waals surface area (Å²) in [7, 11) is 0. The van der Waals surface area contributed by atoms with Crippen LogP contribution in [0.15, 0.2) is 30.3 Å². The van der Waals surface area contributed by atoms with Crippen LogP contribution in [0, 0.1) is 0 Å². The smallest absolute Gasteiger partial charge is 0.317 e. The Hall–Kier alpha value is -1.16. The van der Waals surface area contributed by atoms with Crippen molar-refractivity contribution in [2.75, 3.05) is 18.8 Å². The van der Waals surface area contributed by atoms with Crippen molar-refractivity contribution in [1.82, 2.24) is 10.2 Å². The molecule has 0 saturated carbocycles. The maximum absolute atomic E-state index is 12.3. The number of rotatable bonds is 4. The molecule has 1 heterocycles. The van der Waals surface area contributed by atoms with Gasteiger partial charge in [-0.25, -0.2) is 4.79 Å². The number of likely N-dealkylation sites (tertiary alicyclic amines) is 1. The summed E-state index contributed by atoms with van der Waals surface area (Å²) in [6, 6.07) is 10.4. The van der Waals surface area contributed by atoms with Crippen molar-refractivity contribution < 1.29 is 4.79 Å². The highest BCUT2D eigenvalue weighted by Gasteiger charge is 2.18. The first-order valence-electron chi connectivity index (χ1n) is 7.50. The molecule has 0 aliphatic carbocycles. The molecule has 0 aromatic heterocycles. The Morgan fingerprint density at radius 2 is 1.80 bits per heavy atom. The Labute approximate surface area is 127 Å². The molecule has 0 spiro atoms. The van der Waals surface area contributed by atoms with Crippen molar-refractivity contribution in [2.45, 2.75) is 38.1 Å². The summed E-state index contributed by atoms with van der Waals surface area (Å²) in [6.07, 6.45) is 5.56. The molecule has 1 atom stereocenters. The SMILES string of the molecule is O=C(NC(CS)Cc1ccccc1)N1CCCCCC1. The number of nitrogens with one attached hydrogen (secondary N) is 1. The zero-order valence-corrected chi connectivity index (χ0v) is 12.8. The van der Waals surface area contributed by atoms with E-state index in [2.05, 4.69) is 30.1 Å². The van der Waals surface area contributed by atoms with E-state index >= 15 is 0 Å². The van der Waals surface area contributed by atoms with E-state index in [1.54, 1.807) is 0 Å². The summed E-state index contributed by atoms with van der Waals surface area (Å²) < 4.78 is 0. The second kappa shape index (κ2) is 8.20. The number of nitrogens with zero attached hydrogens (tertiary/aromatic N) is 1. The highest BCUT2D eigenvalue weighted by molar-refractivity contribution is 7.80. The zero-order valence-electron chi connectivity index (χ0n) is 11.9. The van der Waals surface area contributed by atoms with Crippen LogP contribution < -0.4 is 5.32 Å². The van der Waals surface area contributed by atoms with E-state index in [0.29, 0.717) is 5.75 Å². The van der Waals surface area contributed by atoms with Gasteiger partial charge in [-0.05, 0) is 24.8 Å². The Kier molecular flexibility index (Phi) is 6.25. The molecular formula is C16H24N2OS. The minimum atomic E-state index is 0.0712. The third kappa shape index (κ3) is 4.75. The Morgan fingerprint density at radius 3 is 2.40 bits per heavy atom. The lowest BCUT2D eigenvalue weighted by molar-refractivity contribution is 0.196. The molecule has 4 heteroatoms. The van der Waals surface area contributed by atoms with Gasteiger partial charge < -0.3 is 10.2 Å². The molecule has 1 aliphatic heterocycles. The summed E-state index contributed by atoms with van der Waals surface area (Å²) in [5.74, 6) is 0.661. The summed E-state index contributed by atoms with van der Waals surface area (Å²) in [4.78, 5) is 14.2. The minimum absolute atomic E-state index is 0.0712. The summed E-state index contributed by atoms with van der Waals surface area (Å²) in [6.45, 7) is 1.77. The Bertz CT molecular complexity index is 402. The molecule has 1 fully saturated rings. The lowest BCUT2D eigenvalue weighted by Gasteiger charge is -2.24.